The predicted molar refractivity (Wildman–Crippen MR) is 96.7 cm³/mol. The Labute approximate surface area is 147 Å². The zero-order valence-electron chi connectivity index (χ0n) is 15.2. The predicted octanol–water partition coefficient (Wildman–Crippen LogP) is 3.92. The van der Waals surface area contributed by atoms with Crippen LogP contribution in [0.25, 0.3) is 0 Å². The van der Waals surface area contributed by atoms with Gasteiger partial charge in [-0.05, 0) is 12.8 Å². The standard InChI is InChI=1S/C17H35NO5S/c1-3-5-6-7-8-9-10-11-12-13-14-18(15-17(19)20)16(4-2)24(21,22)23/h16H,3-15H2,1-2H3,(H,19,20)(H,21,22,23). The van der Waals surface area contributed by atoms with Crippen molar-refractivity contribution in [2.75, 3.05) is 13.1 Å². The van der Waals surface area contributed by atoms with Crippen LogP contribution in [0.4, 0.5) is 0 Å². The lowest BCUT2D eigenvalue weighted by molar-refractivity contribution is -0.138. The molecular weight excluding hydrogens is 330 g/mol. The van der Waals surface area contributed by atoms with E-state index in [4.69, 9.17) is 5.11 Å². The number of nitrogens with zero attached hydrogens (tertiary/aromatic N) is 1. The summed E-state index contributed by atoms with van der Waals surface area (Å²) in [6.07, 6.45) is 11.8. The van der Waals surface area contributed by atoms with Crippen molar-refractivity contribution in [1.29, 1.82) is 0 Å². The normalized spacial score (nSPS) is 13.3. The molecule has 24 heavy (non-hydrogen) atoms. The van der Waals surface area contributed by atoms with Crippen molar-refractivity contribution in [1.82, 2.24) is 4.90 Å². The number of hydrogen-bond donors (Lipinski definition) is 2. The molecular formula is C17H35NO5S. The first-order valence-corrected chi connectivity index (χ1v) is 10.7. The fourth-order valence-electron chi connectivity index (χ4n) is 2.96. The third-order valence-corrected chi connectivity index (χ3v) is 5.56. The van der Waals surface area contributed by atoms with Crippen LogP contribution in [0.1, 0.15) is 84.5 Å². The molecule has 0 fully saturated rings. The summed E-state index contributed by atoms with van der Waals surface area (Å²) in [7, 11) is -4.26. The molecule has 0 aliphatic carbocycles. The maximum absolute atomic E-state index is 11.4. The Morgan fingerprint density at radius 3 is 1.75 bits per heavy atom. The molecule has 0 spiro atoms. The number of aliphatic carboxylic acids is 1. The monoisotopic (exact) mass is 365 g/mol. The van der Waals surface area contributed by atoms with Gasteiger partial charge in [-0.3, -0.25) is 14.2 Å². The average Bonchev–Trinajstić information content (AvgIpc) is 2.47. The largest absolute Gasteiger partial charge is 0.480 e. The topological polar surface area (TPSA) is 94.9 Å². The quantitative estimate of drug-likeness (QED) is 0.318. The molecule has 0 aromatic rings. The van der Waals surface area contributed by atoms with Crippen LogP contribution in [-0.2, 0) is 14.9 Å². The number of carbonyl (C=O) groups is 1. The van der Waals surface area contributed by atoms with Gasteiger partial charge in [0.15, 0.2) is 0 Å². The van der Waals surface area contributed by atoms with Gasteiger partial charge >= 0.3 is 5.97 Å². The number of unbranched alkanes of at least 4 members (excludes halogenated alkanes) is 9. The Kier molecular flexibility index (Phi) is 13.2. The minimum absolute atomic E-state index is 0.171. The van der Waals surface area contributed by atoms with Crippen LogP contribution in [-0.4, -0.2) is 47.4 Å². The summed E-state index contributed by atoms with van der Waals surface area (Å²) >= 11 is 0. The maximum Gasteiger partial charge on any atom is 0.317 e. The van der Waals surface area contributed by atoms with Crippen LogP contribution < -0.4 is 0 Å². The number of carboxylic acid groups (broad SMARTS) is 1. The van der Waals surface area contributed by atoms with Gasteiger partial charge in [-0.1, -0.05) is 71.6 Å². The lowest BCUT2D eigenvalue weighted by Gasteiger charge is -2.27. The summed E-state index contributed by atoms with van der Waals surface area (Å²) in [5.41, 5.74) is 0. The second-order valence-corrected chi connectivity index (χ2v) is 8.00. The Morgan fingerprint density at radius 2 is 1.38 bits per heavy atom. The van der Waals surface area contributed by atoms with E-state index in [1.165, 1.54) is 49.8 Å². The van der Waals surface area contributed by atoms with Gasteiger partial charge in [0.1, 0.15) is 5.37 Å². The van der Waals surface area contributed by atoms with Gasteiger partial charge in [-0.15, -0.1) is 0 Å². The number of rotatable bonds is 16. The first-order valence-electron chi connectivity index (χ1n) is 9.25. The second-order valence-electron chi connectivity index (χ2n) is 6.42. The van der Waals surface area contributed by atoms with Crippen LogP contribution in [0.15, 0.2) is 0 Å². The first kappa shape index (κ1) is 23.3. The fourth-order valence-corrected chi connectivity index (χ4v) is 3.94. The van der Waals surface area contributed by atoms with Gasteiger partial charge < -0.3 is 5.11 Å². The molecule has 6 nitrogen and oxygen atoms in total. The van der Waals surface area contributed by atoms with Crippen molar-refractivity contribution in [3.8, 4) is 0 Å². The average molecular weight is 366 g/mol. The zero-order valence-corrected chi connectivity index (χ0v) is 16.1. The van der Waals surface area contributed by atoms with Gasteiger partial charge in [0.2, 0.25) is 0 Å². The molecule has 144 valence electrons. The molecule has 1 unspecified atom stereocenters. The Hall–Kier alpha value is -0.660. The molecule has 0 heterocycles. The van der Waals surface area contributed by atoms with Gasteiger partial charge in [-0.2, -0.15) is 8.42 Å². The lowest BCUT2D eigenvalue weighted by Crippen LogP contribution is -2.43. The zero-order chi connectivity index (χ0) is 18.4. The minimum atomic E-state index is -4.26. The molecule has 2 N–H and O–H groups in total. The summed E-state index contributed by atoms with van der Waals surface area (Å²) in [6, 6.07) is 0. The summed E-state index contributed by atoms with van der Waals surface area (Å²) in [6.45, 7) is 3.85. The van der Waals surface area contributed by atoms with E-state index in [0.717, 1.165) is 19.3 Å². The van der Waals surface area contributed by atoms with Gasteiger partial charge in [0.05, 0.1) is 6.54 Å². The van der Waals surface area contributed by atoms with E-state index in [-0.39, 0.29) is 13.0 Å². The Bertz CT molecular complexity index is 425. The van der Waals surface area contributed by atoms with Crippen LogP contribution in [0.3, 0.4) is 0 Å². The molecule has 0 aliphatic rings. The SMILES string of the molecule is CCCCCCCCCCCCN(CC(=O)O)C(CC)S(=O)(=O)O. The number of carboxylic acids is 1. The van der Waals surface area contributed by atoms with Crippen molar-refractivity contribution in [2.24, 2.45) is 0 Å². The lowest BCUT2D eigenvalue weighted by atomic mass is 10.1. The molecule has 7 heteroatoms. The van der Waals surface area contributed by atoms with Crippen molar-refractivity contribution >= 4 is 16.1 Å². The van der Waals surface area contributed by atoms with E-state index in [2.05, 4.69) is 6.92 Å². The molecule has 0 aliphatic heterocycles. The van der Waals surface area contributed by atoms with E-state index < -0.39 is 21.5 Å². The van der Waals surface area contributed by atoms with Gasteiger partial charge in [0, 0.05) is 6.54 Å². The van der Waals surface area contributed by atoms with E-state index in [9.17, 15) is 17.8 Å². The van der Waals surface area contributed by atoms with Crippen LogP contribution in [0.5, 0.6) is 0 Å². The fraction of sp³-hybridized carbons (Fsp3) is 0.941. The molecule has 0 bridgehead atoms. The summed E-state index contributed by atoms with van der Waals surface area (Å²) in [5, 5.41) is 7.81. The smallest absolute Gasteiger partial charge is 0.317 e. The number of hydrogen-bond acceptors (Lipinski definition) is 4. The van der Waals surface area contributed by atoms with Crippen LogP contribution in [0.2, 0.25) is 0 Å². The van der Waals surface area contributed by atoms with Crippen molar-refractivity contribution in [3.05, 3.63) is 0 Å². The minimum Gasteiger partial charge on any atom is -0.480 e. The highest BCUT2D eigenvalue weighted by molar-refractivity contribution is 7.86. The molecule has 0 rings (SSSR count). The molecule has 0 saturated carbocycles. The highest BCUT2D eigenvalue weighted by Gasteiger charge is 2.29. The molecule has 1 atom stereocenters. The third kappa shape index (κ3) is 11.8. The van der Waals surface area contributed by atoms with Crippen molar-refractivity contribution in [3.63, 3.8) is 0 Å². The molecule has 0 aromatic carbocycles. The van der Waals surface area contributed by atoms with E-state index in [1.807, 2.05) is 0 Å². The van der Waals surface area contributed by atoms with E-state index in [1.54, 1.807) is 6.92 Å². The summed E-state index contributed by atoms with van der Waals surface area (Å²) in [4.78, 5) is 12.3. The van der Waals surface area contributed by atoms with Gasteiger partial charge in [0.25, 0.3) is 10.1 Å². The van der Waals surface area contributed by atoms with Crippen molar-refractivity contribution in [2.45, 2.75) is 89.9 Å². The second kappa shape index (κ2) is 13.6. The van der Waals surface area contributed by atoms with Crippen LogP contribution in [0, 0.1) is 0 Å². The maximum atomic E-state index is 11.4. The Morgan fingerprint density at radius 1 is 0.917 bits per heavy atom. The van der Waals surface area contributed by atoms with Gasteiger partial charge in [-0.25, -0.2) is 0 Å². The summed E-state index contributed by atoms with van der Waals surface area (Å²) < 4.78 is 32.0. The third-order valence-electron chi connectivity index (χ3n) is 4.24. The molecule has 0 saturated heterocycles. The molecule has 0 amide bonds. The summed E-state index contributed by atoms with van der Waals surface area (Å²) in [5.74, 6) is -1.08. The van der Waals surface area contributed by atoms with E-state index in [0.29, 0.717) is 6.54 Å². The Balaban J connectivity index is 4.01. The highest BCUT2D eigenvalue weighted by Crippen LogP contribution is 2.14. The van der Waals surface area contributed by atoms with Crippen LogP contribution >= 0.6 is 0 Å². The molecule has 0 aromatic heterocycles. The highest BCUT2D eigenvalue weighted by atomic mass is 32.2. The molecule has 0 radical (unpaired) electrons. The van der Waals surface area contributed by atoms with E-state index >= 15 is 0 Å². The first-order chi connectivity index (χ1) is 11.3. The van der Waals surface area contributed by atoms with Crippen molar-refractivity contribution < 1.29 is 22.9 Å².